The second-order valence-corrected chi connectivity index (χ2v) is 7.33. The molecule has 0 bridgehead atoms. The molecule has 3 aromatic rings. The number of fused-ring (bicyclic) bond motifs is 1. The molecule has 0 saturated carbocycles. The van der Waals surface area contributed by atoms with Crippen molar-refractivity contribution < 1.29 is 22.7 Å². The maximum absolute atomic E-state index is 12.3. The SMILES string of the molecule is Cc1ccc(C)c2sc(N(C)CC(=O)Nc3ccc(OC(F)(F)F)cc3)nc12. The third-order valence-corrected chi connectivity index (χ3v) is 5.31. The average molecular weight is 409 g/mol. The van der Waals surface area contributed by atoms with Gasteiger partial charge in [0.2, 0.25) is 5.91 Å². The number of amides is 1. The summed E-state index contributed by atoms with van der Waals surface area (Å²) in [4.78, 5) is 18.6. The summed E-state index contributed by atoms with van der Waals surface area (Å²) in [7, 11) is 1.77. The second-order valence-electron chi connectivity index (χ2n) is 6.35. The molecule has 0 aliphatic rings. The van der Waals surface area contributed by atoms with Crippen molar-refractivity contribution in [2.24, 2.45) is 0 Å². The van der Waals surface area contributed by atoms with E-state index in [1.165, 1.54) is 23.5 Å². The van der Waals surface area contributed by atoms with Gasteiger partial charge in [-0.1, -0.05) is 23.5 Å². The van der Waals surface area contributed by atoms with Gasteiger partial charge in [0.25, 0.3) is 0 Å². The summed E-state index contributed by atoms with van der Waals surface area (Å²) >= 11 is 1.51. The molecule has 0 fully saturated rings. The van der Waals surface area contributed by atoms with Crippen molar-refractivity contribution in [1.29, 1.82) is 0 Å². The average Bonchev–Trinajstić information content (AvgIpc) is 3.05. The molecule has 0 aliphatic heterocycles. The van der Waals surface area contributed by atoms with Crippen molar-refractivity contribution >= 4 is 38.3 Å². The normalized spacial score (nSPS) is 11.5. The molecule has 2 aromatic carbocycles. The van der Waals surface area contributed by atoms with Crippen LogP contribution in [0.25, 0.3) is 10.2 Å². The summed E-state index contributed by atoms with van der Waals surface area (Å²) in [6.45, 7) is 4.06. The van der Waals surface area contributed by atoms with Gasteiger partial charge in [-0.2, -0.15) is 0 Å². The van der Waals surface area contributed by atoms with E-state index in [0.717, 1.165) is 38.6 Å². The van der Waals surface area contributed by atoms with Crippen LogP contribution < -0.4 is 15.0 Å². The van der Waals surface area contributed by atoms with Gasteiger partial charge in [0.15, 0.2) is 5.13 Å². The van der Waals surface area contributed by atoms with Gasteiger partial charge in [-0.3, -0.25) is 4.79 Å². The molecular formula is C19H18F3N3O2S. The number of alkyl halides is 3. The molecule has 5 nitrogen and oxygen atoms in total. The number of thiazole rings is 1. The number of nitrogens with zero attached hydrogens (tertiary/aromatic N) is 2. The number of nitrogens with one attached hydrogen (secondary N) is 1. The molecule has 1 heterocycles. The first-order chi connectivity index (χ1) is 13.1. The molecule has 148 valence electrons. The molecule has 28 heavy (non-hydrogen) atoms. The Morgan fingerprint density at radius 3 is 2.39 bits per heavy atom. The molecule has 1 amide bonds. The number of anilines is 2. The maximum Gasteiger partial charge on any atom is 0.573 e. The van der Waals surface area contributed by atoms with Crippen LogP contribution in [0.5, 0.6) is 5.75 Å². The Kier molecular flexibility index (Phi) is 5.46. The molecule has 0 atom stereocenters. The van der Waals surface area contributed by atoms with Crippen molar-refractivity contribution in [2.45, 2.75) is 20.2 Å². The summed E-state index contributed by atoms with van der Waals surface area (Å²) < 4.78 is 41.4. The predicted molar refractivity (Wildman–Crippen MR) is 104 cm³/mol. The Morgan fingerprint density at radius 2 is 1.79 bits per heavy atom. The van der Waals surface area contributed by atoms with E-state index in [1.54, 1.807) is 11.9 Å². The number of aryl methyl sites for hydroxylation is 2. The van der Waals surface area contributed by atoms with Gasteiger partial charge in [0.05, 0.1) is 16.8 Å². The highest BCUT2D eigenvalue weighted by Gasteiger charge is 2.31. The molecule has 0 aliphatic carbocycles. The molecule has 0 saturated heterocycles. The fourth-order valence-electron chi connectivity index (χ4n) is 2.63. The van der Waals surface area contributed by atoms with Crippen molar-refractivity contribution in [1.82, 2.24) is 4.98 Å². The van der Waals surface area contributed by atoms with Crippen molar-refractivity contribution in [3.63, 3.8) is 0 Å². The van der Waals surface area contributed by atoms with E-state index in [1.807, 2.05) is 26.0 Å². The highest BCUT2D eigenvalue weighted by atomic mass is 32.1. The van der Waals surface area contributed by atoms with Crippen LogP contribution >= 0.6 is 11.3 Å². The summed E-state index contributed by atoms with van der Waals surface area (Å²) in [6.07, 6.45) is -4.75. The largest absolute Gasteiger partial charge is 0.573 e. The van der Waals surface area contributed by atoms with Crippen molar-refractivity contribution in [3.05, 3.63) is 47.5 Å². The van der Waals surface area contributed by atoms with Gasteiger partial charge < -0.3 is 15.0 Å². The highest BCUT2D eigenvalue weighted by Crippen LogP contribution is 2.32. The van der Waals surface area contributed by atoms with Gasteiger partial charge in [-0.05, 0) is 49.2 Å². The number of rotatable bonds is 5. The number of likely N-dealkylation sites (N-methyl/N-ethyl adjacent to an activating group) is 1. The number of ether oxygens (including phenoxy) is 1. The minimum atomic E-state index is -4.75. The number of aromatic nitrogens is 1. The number of carbonyl (C=O) groups excluding carboxylic acids is 1. The van der Waals surface area contributed by atoms with Crippen LogP contribution in [0.1, 0.15) is 11.1 Å². The number of halogens is 3. The zero-order chi connectivity index (χ0) is 20.5. The summed E-state index contributed by atoms with van der Waals surface area (Å²) in [5.41, 5.74) is 3.50. The fourth-order valence-corrected chi connectivity index (χ4v) is 3.71. The monoisotopic (exact) mass is 409 g/mol. The lowest BCUT2D eigenvalue weighted by molar-refractivity contribution is -0.274. The zero-order valence-electron chi connectivity index (χ0n) is 15.4. The molecule has 0 unspecified atom stereocenters. The molecule has 9 heteroatoms. The minimum Gasteiger partial charge on any atom is -0.406 e. The minimum absolute atomic E-state index is 0.0543. The van der Waals surface area contributed by atoms with Gasteiger partial charge in [-0.25, -0.2) is 4.98 Å². The lowest BCUT2D eigenvalue weighted by atomic mass is 10.1. The van der Waals surface area contributed by atoms with E-state index >= 15 is 0 Å². The first-order valence-corrected chi connectivity index (χ1v) is 9.17. The highest BCUT2D eigenvalue weighted by molar-refractivity contribution is 7.22. The van der Waals surface area contributed by atoms with Crippen molar-refractivity contribution in [2.75, 3.05) is 23.8 Å². The first kappa shape index (κ1) is 19.9. The smallest absolute Gasteiger partial charge is 0.406 e. The van der Waals surface area contributed by atoms with Crippen LogP contribution in [0.3, 0.4) is 0 Å². The van der Waals surface area contributed by atoms with Crippen LogP contribution in [0.15, 0.2) is 36.4 Å². The third kappa shape index (κ3) is 4.72. The number of hydrogen-bond donors (Lipinski definition) is 1. The van der Waals surface area contributed by atoms with Gasteiger partial charge in [-0.15, -0.1) is 13.2 Å². The molecule has 0 spiro atoms. The topological polar surface area (TPSA) is 54.5 Å². The van der Waals surface area contributed by atoms with E-state index in [0.29, 0.717) is 5.69 Å². The third-order valence-electron chi connectivity index (χ3n) is 4.01. The molecule has 0 radical (unpaired) electrons. The quantitative estimate of drug-likeness (QED) is 0.652. The molecule has 1 N–H and O–H groups in total. The van der Waals surface area contributed by atoms with E-state index in [-0.39, 0.29) is 18.2 Å². The summed E-state index contributed by atoms with van der Waals surface area (Å²) in [5.74, 6) is -0.650. The first-order valence-electron chi connectivity index (χ1n) is 8.36. The van der Waals surface area contributed by atoms with E-state index in [9.17, 15) is 18.0 Å². The Morgan fingerprint density at radius 1 is 1.14 bits per heavy atom. The molecule has 3 rings (SSSR count). The second kappa shape index (κ2) is 7.67. The van der Waals surface area contributed by atoms with Crippen LogP contribution in [-0.4, -0.2) is 30.8 Å². The van der Waals surface area contributed by atoms with E-state index < -0.39 is 6.36 Å². The molecular weight excluding hydrogens is 391 g/mol. The Balaban J connectivity index is 1.65. The fraction of sp³-hybridized carbons (Fsp3) is 0.263. The lowest BCUT2D eigenvalue weighted by Crippen LogP contribution is -2.29. The van der Waals surface area contributed by atoms with Crippen LogP contribution in [0, 0.1) is 13.8 Å². The Labute approximate surface area is 163 Å². The Hall–Kier alpha value is -2.81. The van der Waals surface area contributed by atoms with Gasteiger partial charge in [0.1, 0.15) is 5.75 Å². The summed E-state index contributed by atoms with van der Waals surface area (Å²) in [5, 5.41) is 3.37. The Bertz CT molecular complexity index is 961. The van der Waals surface area contributed by atoms with Crippen LogP contribution in [0.4, 0.5) is 24.0 Å². The maximum atomic E-state index is 12.3. The standard InChI is InChI=1S/C19H18F3N3O2S/c1-11-4-5-12(2)17-16(11)24-18(28-17)25(3)10-15(26)23-13-6-8-14(9-7-13)27-19(20,21)22/h4-9H,10H2,1-3H3,(H,23,26). The van der Waals surface area contributed by atoms with Gasteiger partial charge >= 0.3 is 6.36 Å². The number of hydrogen-bond acceptors (Lipinski definition) is 5. The van der Waals surface area contributed by atoms with Gasteiger partial charge in [0, 0.05) is 12.7 Å². The zero-order valence-corrected chi connectivity index (χ0v) is 16.2. The van der Waals surface area contributed by atoms with E-state index in [4.69, 9.17) is 0 Å². The predicted octanol–water partition coefficient (Wildman–Crippen LogP) is 4.89. The number of carbonyl (C=O) groups is 1. The molecule has 1 aromatic heterocycles. The summed E-state index contributed by atoms with van der Waals surface area (Å²) in [6, 6.07) is 9.04. The van der Waals surface area contributed by atoms with E-state index in [2.05, 4.69) is 15.0 Å². The lowest BCUT2D eigenvalue weighted by Gasteiger charge is -2.15. The number of benzene rings is 2. The van der Waals surface area contributed by atoms with Crippen LogP contribution in [0.2, 0.25) is 0 Å². The van der Waals surface area contributed by atoms with Crippen LogP contribution in [-0.2, 0) is 4.79 Å². The van der Waals surface area contributed by atoms with Crippen molar-refractivity contribution in [3.8, 4) is 5.75 Å².